The van der Waals surface area contributed by atoms with E-state index in [9.17, 15) is 9.59 Å². The number of aromatic nitrogens is 3. The van der Waals surface area contributed by atoms with Gasteiger partial charge in [0.05, 0.1) is 23.0 Å². The molecule has 0 bridgehead atoms. The van der Waals surface area contributed by atoms with E-state index in [2.05, 4.69) is 36.4 Å². The zero-order valence-electron chi connectivity index (χ0n) is 10.8. The van der Waals surface area contributed by atoms with Gasteiger partial charge in [0.1, 0.15) is 0 Å². The van der Waals surface area contributed by atoms with E-state index in [-0.39, 0.29) is 11.1 Å². The second kappa shape index (κ2) is 5.53. The standard InChI is InChI=1S/C14H11BrN4O2/c15-8-4-5-9(16-6-8)7-17-11-3-1-2-10-12(11)14(21)19-18-13(10)20/h1-6,17H,7H2,(H,18,20)(H,19,21). The van der Waals surface area contributed by atoms with E-state index < -0.39 is 0 Å². The van der Waals surface area contributed by atoms with E-state index in [1.807, 2.05) is 12.1 Å². The van der Waals surface area contributed by atoms with Crippen molar-refractivity contribution in [3.63, 3.8) is 0 Å². The van der Waals surface area contributed by atoms with Gasteiger partial charge in [-0.15, -0.1) is 0 Å². The number of aromatic amines is 2. The van der Waals surface area contributed by atoms with Gasteiger partial charge in [0.25, 0.3) is 11.1 Å². The lowest BCUT2D eigenvalue weighted by molar-refractivity contribution is 0.975. The third kappa shape index (κ3) is 2.73. The molecule has 0 spiro atoms. The first-order valence-corrected chi connectivity index (χ1v) is 7.02. The highest BCUT2D eigenvalue weighted by Crippen LogP contribution is 2.17. The fourth-order valence-electron chi connectivity index (χ4n) is 2.07. The molecule has 6 nitrogen and oxygen atoms in total. The summed E-state index contributed by atoms with van der Waals surface area (Å²) in [4.78, 5) is 27.9. The molecule has 0 fully saturated rings. The first-order valence-electron chi connectivity index (χ1n) is 6.23. The zero-order valence-corrected chi connectivity index (χ0v) is 12.4. The molecule has 0 amide bonds. The molecule has 21 heavy (non-hydrogen) atoms. The molecule has 0 aliphatic carbocycles. The molecular weight excluding hydrogens is 336 g/mol. The number of rotatable bonds is 3. The van der Waals surface area contributed by atoms with Crippen LogP contribution < -0.4 is 16.4 Å². The number of hydrogen-bond acceptors (Lipinski definition) is 4. The van der Waals surface area contributed by atoms with Crippen molar-refractivity contribution in [3.8, 4) is 0 Å². The lowest BCUT2D eigenvalue weighted by Crippen LogP contribution is -2.20. The summed E-state index contributed by atoms with van der Waals surface area (Å²) in [6.07, 6.45) is 1.71. The van der Waals surface area contributed by atoms with E-state index in [1.165, 1.54) is 0 Å². The molecule has 3 aromatic rings. The molecule has 0 saturated carbocycles. The van der Waals surface area contributed by atoms with Crippen LogP contribution in [0.3, 0.4) is 0 Å². The number of nitrogens with one attached hydrogen (secondary N) is 3. The Bertz CT molecular complexity index is 899. The maximum atomic E-state index is 11.9. The van der Waals surface area contributed by atoms with Crippen LogP contribution in [-0.2, 0) is 6.54 Å². The predicted octanol–water partition coefficient (Wildman–Crippen LogP) is 1.99. The van der Waals surface area contributed by atoms with Crippen LogP contribution in [0.2, 0.25) is 0 Å². The predicted molar refractivity (Wildman–Crippen MR) is 84.5 cm³/mol. The van der Waals surface area contributed by atoms with Crippen LogP contribution in [-0.4, -0.2) is 15.2 Å². The van der Waals surface area contributed by atoms with Crippen molar-refractivity contribution in [2.24, 2.45) is 0 Å². The minimum absolute atomic E-state index is 0.324. The van der Waals surface area contributed by atoms with Crippen LogP contribution in [0, 0.1) is 0 Å². The van der Waals surface area contributed by atoms with E-state index in [0.717, 1.165) is 10.2 Å². The summed E-state index contributed by atoms with van der Waals surface area (Å²) in [5, 5.41) is 8.49. The molecule has 7 heteroatoms. The quantitative estimate of drug-likeness (QED) is 0.676. The number of hydrogen-bond donors (Lipinski definition) is 3. The fraction of sp³-hybridized carbons (Fsp3) is 0.0714. The van der Waals surface area contributed by atoms with Gasteiger partial charge < -0.3 is 5.32 Å². The number of pyridine rings is 1. The molecule has 0 aliphatic heterocycles. The van der Waals surface area contributed by atoms with E-state index in [0.29, 0.717) is 23.0 Å². The monoisotopic (exact) mass is 346 g/mol. The molecule has 0 radical (unpaired) electrons. The largest absolute Gasteiger partial charge is 0.379 e. The molecule has 0 atom stereocenters. The van der Waals surface area contributed by atoms with E-state index in [1.54, 1.807) is 24.4 Å². The molecule has 0 saturated heterocycles. The van der Waals surface area contributed by atoms with Gasteiger partial charge in [-0.25, -0.2) is 0 Å². The summed E-state index contributed by atoms with van der Waals surface area (Å²) in [7, 11) is 0. The van der Waals surface area contributed by atoms with Crippen molar-refractivity contribution < 1.29 is 0 Å². The second-order valence-electron chi connectivity index (χ2n) is 4.46. The Balaban J connectivity index is 1.98. The molecule has 3 rings (SSSR count). The summed E-state index contributed by atoms with van der Waals surface area (Å²) in [6, 6.07) is 8.88. The smallest absolute Gasteiger partial charge is 0.272 e. The molecule has 3 N–H and O–H groups in total. The van der Waals surface area contributed by atoms with Gasteiger partial charge in [-0.2, -0.15) is 0 Å². The Morgan fingerprint density at radius 2 is 1.90 bits per heavy atom. The topological polar surface area (TPSA) is 90.6 Å². The van der Waals surface area contributed by atoms with Crippen LogP contribution in [0.5, 0.6) is 0 Å². The third-order valence-corrected chi connectivity index (χ3v) is 3.54. The zero-order chi connectivity index (χ0) is 14.8. The van der Waals surface area contributed by atoms with Crippen molar-refractivity contribution >= 4 is 32.4 Å². The van der Waals surface area contributed by atoms with E-state index in [4.69, 9.17) is 0 Å². The molecule has 0 unspecified atom stereocenters. The number of halogens is 1. The summed E-state index contributed by atoms with van der Waals surface area (Å²) >= 11 is 3.32. The van der Waals surface area contributed by atoms with Gasteiger partial charge in [-0.1, -0.05) is 6.07 Å². The summed E-state index contributed by atoms with van der Waals surface area (Å²) in [5.74, 6) is 0. The van der Waals surface area contributed by atoms with Crippen LogP contribution in [0.1, 0.15) is 5.69 Å². The number of anilines is 1. The SMILES string of the molecule is O=c1[nH][nH]c(=O)c2c(NCc3ccc(Br)cn3)cccc12. The number of fused-ring (bicyclic) bond motifs is 1. The maximum Gasteiger partial charge on any atom is 0.272 e. The van der Waals surface area contributed by atoms with Gasteiger partial charge in [-0.3, -0.25) is 24.8 Å². The van der Waals surface area contributed by atoms with Gasteiger partial charge in [0, 0.05) is 16.4 Å². The molecule has 0 aliphatic rings. The minimum atomic E-state index is -0.337. The molecule has 106 valence electrons. The van der Waals surface area contributed by atoms with Gasteiger partial charge >= 0.3 is 0 Å². The molecule has 1 aromatic carbocycles. The number of H-pyrrole nitrogens is 2. The summed E-state index contributed by atoms with van der Waals surface area (Å²) < 4.78 is 0.902. The minimum Gasteiger partial charge on any atom is -0.379 e. The average molecular weight is 347 g/mol. The van der Waals surface area contributed by atoms with Gasteiger partial charge in [0.15, 0.2) is 0 Å². The highest BCUT2D eigenvalue weighted by atomic mass is 79.9. The van der Waals surface area contributed by atoms with Crippen molar-refractivity contribution in [1.29, 1.82) is 0 Å². The summed E-state index contributed by atoms with van der Waals surface area (Å²) in [5.41, 5.74) is 0.771. The van der Waals surface area contributed by atoms with Crippen molar-refractivity contribution in [3.05, 3.63) is 67.4 Å². The lowest BCUT2D eigenvalue weighted by atomic mass is 10.1. The van der Waals surface area contributed by atoms with Crippen LogP contribution in [0.15, 0.2) is 50.6 Å². The summed E-state index contributed by atoms with van der Waals surface area (Å²) in [6.45, 7) is 0.457. The highest BCUT2D eigenvalue weighted by molar-refractivity contribution is 9.10. The average Bonchev–Trinajstić information content (AvgIpc) is 2.50. The number of benzene rings is 1. The first kappa shape index (κ1) is 13.6. The Morgan fingerprint density at radius 1 is 1.10 bits per heavy atom. The van der Waals surface area contributed by atoms with Gasteiger partial charge in [-0.05, 0) is 40.2 Å². The molecule has 2 heterocycles. The lowest BCUT2D eigenvalue weighted by Gasteiger charge is -2.08. The Labute approximate surface area is 127 Å². The fourth-order valence-corrected chi connectivity index (χ4v) is 2.31. The Kier molecular flexibility index (Phi) is 3.57. The first-order chi connectivity index (χ1) is 10.1. The maximum absolute atomic E-state index is 11.9. The van der Waals surface area contributed by atoms with Crippen molar-refractivity contribution in [1.82, 2.24) is 15.2 Å². The highest BCUT2D eigenvalue weighted by Gasteiger charge is 2.08. The van der Waals surface area contributed by atoms with Gasteiger partial charge in [0.2, 0.25) is 0 Å². The molecule has 2 aromatic heterocycles. The Morgan fingerprint density at radius 3 is 2.67 bits per heavy atom. The third-order valence-electron chi connectivity index (χ3n) is 3.07. The number of nitrogens with zero attached hydrogens (tertiary/aromatic N) is 1. The van der Waals surface area contributed by atoms with Crippen molar-refractivity contribution in [2.45, 2.75) is 6.54 Å². The van der Waals surface area contributed by atoms with Crippen molar-refractivity contribution in [2.75, 3.05) is 5.32 Å². The van der Waals surface area contributed by atoms with Crippen LogP contribution >= 0.6 is 15.9 Å². The second-order valence-corrected chi connectivity index (χ2v) is 5.37. The van der Waals surface area contributed by atoms with Crippen LogP contribution in [0.25, 0.3) is 10.8 Å². The van der Waals surface area contributed by atoms with Crippen LogP contribution in [0.4, 0.5) is 5.69 Å². The van der Waals surface area contributed by atoms with E-state index >= 15 is 0 Å². The molecular formula is C14H11BrN4O2. The normalized spacial score (nSPS) is 10.7. The Hall–Kier alpha value is -2.41.